The largest absolute Gasteiger partial charge is 0.359 e. The summed E-state index contributed by atoms with van der Waals surface area (Å²) in [5.74, 6) is -0.207. The van der Waals surface area contributed by atoms with Crippen LogP contribution in [-0.2, 0) is 16.1 Å². The number of benzene rings is 1. The molecule has 0 fully saturated rings. The molecule has 0 aliphatic carbocycles. The standard InChI is InChI=1S/C16H18N6O2/c1-10(2)16(24)19-13-8-22(21-20-13)9-14(23)18-12-5-3-4-11-6-7-17-15(11)12/h3-8,10,17H,9H2,1-2H3,(H,18,23)(H,19,24). The number of aromatic nitrogens is 4. The number of nitrogens with one attached hydrogen (secondary N) is 3. The van der Waals surface area contributed by atoms with E-state index in [1.165, 1.54) is 10.9 Å². The van der Waals surface area contributed by atoms with Gasteiger partial charge in [-0.1, -0.05) is 31.2 Å². The Morgan fingerprint density at radius 2 is 2.08 bits per heavy atom. The molecule has 0 saturated heterocycles. The van der Waals surface area contributed by atoms with Crippen LogP contribution in [0.25, 0.3) is 10.9 Å². The predicted octanol–water partition coefficient (Wildman–Crippen LogP) is 1.99. The van der Waals surface area contributed by atoms with Crippen molar-refractivity contribution in [2.75, 3.05) is 10.6 Å². The Bertz CT molecular complexity index is 879. The summed E-state index contributed by atoms with van der Waals surface area (Å²) in [4.78, 5) is 26.9. The van der Waals surface area contributed by atoms with Crippen LogP contribution in [0.5, 0.6) is 0 Å². The van der Waals surface area contributed by atoms with Gasteiger partial charge in [-0.3, -0.25) is 9.59 Å². The second-order valence-electron chi connectivity index (χ2n) is 5.74. The number of rotatable bonds is 5. The molecule has 8 heteroatoms. The van der Waals surface area contributed by atoms with Gasteiger partial charge in [-0.05, 0) is 12.1 Å². The van der Waals surface area contributed by atoms with Gasteiger partial charge in [0.15, 0.2) is 5.82 Å². The van der Waals surface area contributed by atoms with Crippen molar-refractivity contribution in [1.29, 1.82) is 0 Å². The number of amides is 2. The zero-order valence-electron chi connectivity index (χ0n) is 13.4. The molecule has 3 rings (SSSR count). The van der Waals surface area contributed by atoms with Crippen LogP contribution in [0.3, 0.4) is 0 Å². The Hall–Kier alpha value is -3.16. The van der Waals surface area contributed by atoms with Crippen molar-refractivity contribution in [2.45, 2.75) is 20.4 Å². The van der Waals surface area contributed by atoms with Gasteiger partial charge in [-0.2, -0.15) is 0 Å². The number of nitrogens with zero attached hydrogens (tertiary/aromatic N) is 3. The molecule has 0 aliphatic heterocycles. The molecule has 0 bridgehead atoms. The molecular formula is C16H18N6O2. The van der Waals surface area contributed by atoms with Crippen LogP contribution < -0.4 is 10.6 Å². The average Bonchev–Trinajstić information content (AvgIpc) is 3.17. The van der Waals surface area contributed by atoms with E-state index in [0.717, 1.165) is 10.9 Å². The highest BCUT2D eigenvalue weighted by atomic mass is 16.2. The van der Waals surface area contributed by atoms with Crippen molar-refractivity contribution in [3.8, 4) is 0 Å². The maximum Gasteiger partial charge on any atom is 0.246 e. The lowest BCUT2D eigenvalue weighted by Gasteiger charge is -2.06. The first-order chi connectivity index (χ1) is 11.5. The quantitative estimate of drug-likeness (QED) is 0.667. The van der Waals surface area contributed by atoms with Gasteiger partial charge in [0.2, 0.25) is 11.8 Å². The third-order valence-corrected chi connectivity index (χ3v) is 3.48. The minimum atomic E-state index is -0.233. The van der Waals surface area contributed by atoms with Gasteiger partial charge in [-0.15, -0.1) is 5.10 Å². The maximum atomic E-state index is 12.2. The van der Waals surface area contributed by atoms with Gasteiger partial charge in [0.05, 0.1) is 17.4 Å². The van der Waals surface area contributed by atoms with E-state index in [0.29, 0.717) is 11.5 Å². The van der Waals surface area contributed by atoms with Crippen molar-refractivity contribution in [3.05, 3.63) is 36.7 Å². The lowest BCUT2D eigenvalue weighted by molar-refractivity contribution is -0.119. The van der Waals surface area contributed by atoms with Crippen molar-refractivity contribution >= 4 is 34.2 Å². The molecule has 24 heavy (non-hydrogen) atoms. The van der Waals surface area contributed by atoms with Crippen LogP contribution in [0, 0.1) is 5.92 Å². The fraction of sp³-hybridized carbons (Fsp3) is 0.250. The molecule has 124 valence electrons. The van der Waals surface area contributed by atoms with Crippen LogP contribution >= 0.6 is 0 Å². The van der Waals surface area contributed by atoms with Crippen LogP contribution in [0.4, 0.5) is 11.5 Å². The molecular weight excluding hydrogens is 308 g/mol. The summed E-state index contributed by atoms with van der Waals surface area (Å²) in [7, 11) is 0. The van der Waals surface area contributed by atoms with Gasteiger partial charge in [0.1, 0.15) is 6.54 Å². The summed E-state index contributed by atoms with van der Waals surface area (Å²) < 4.78 is 1.38. The monoisotopic (exact) mass is 326 g/mol. The molecule has 2 amide bonds. The smallest absolute Gasteiger partial charge is 0.246 e. The van der Waals surface area contributed by atoms with Crippen LogP contribution in [0.15, 0.2) is 36.7 Å². The Morgan fingerprint density at radius 3 is 2.88 bits per heavy atom. The number of anilines is 2. The van der Waals surface area contributed by atoms with Gasteiger partial charge in [0, 0.05) is 17.5 Å². The molecule has 3 N–H and O–H groups in total. The molecule has 1 aromatic carbocycles. The zero-order chi connectivity index (χ0) is 17.1. The molecule has 0 unspecified atom stereocenters. The number of H-pyrrole nitrogens is 1. The fourth-order valence-electron chi connectivity index (χ4n) is 2.23. The highest BCUT2D eigenvalue weighted by Gasteiger charge is 2.12. The first-order valence-electron chi connectivity index (χ1n) is 7.60. The summed E-state index contributed by atoms with van der Waals surface area (Å²) in [5.41, 5.74) is 1.57. The maximum absolute atomic E-state index is 12.2. The van der Waals surface area contributed by atoms with Crippen LogP contribution in [0.2, 0.25) is 0 Å². The summed E-state index contributed by atoms with van der Waals surface area (Å²) in [5, 5.41) is 14.2. The lowest BCUT2D eigenvalue weighted by Crippen LogP contribution is -2.19. The minimum absolute atomic E-state index is 0.00163. The van der Waals surface area contributed by atoms with Gasteiger partial charge in [-0.25, -0.2) is 4.68 Å². The van der Waals surface area contributed by atoms with E-state index in [-0.39, 0.29) is 24.3 Å². The van der Waals surface area contributed by atoms with E-state index in [2.05, 4.69) is 25.9 Å². The van der Waals surface area contributed by atoms with Crippen LogP contribution in [-0.4, -0.2) is 31.8 Å². The summed E-state index contributed by atoms with van der Waals surface area (Å²) >= 11 is 0. The number of carbonyl (C=O) groups is 2. The molecule has 0 saturated carbocycles. The van der Waals surface area contributed by atoms with E-state index >= 15 is 0 Å². The number of carbonyl (C=O) groups excluding carboxylic acids is 2. The number of hydrogen-bond acceptors (Lipinski definition) is 4. The Morgan fingerprint density at radius 1 is 1.25 bits per heavy atom. The molecule has 0 atom stereocenters. The molecule has 0 aliphatic rings. The number of aromatic amines is 1. The molecule has 2 heterocycles. The molecule has 8 nitrogen and oxygen atoms in total. The van der Waals surface area contributed by atoms with Crippen molar-refractivity contribution in [1.82, 2.24) is 20.0 Å². The topological polar surface area (TPSA) is 105 Å². The first-order valence-corrected chi connectivity index (χ1v) is 7.60. The van der Waals surface area contributed by atoms with Crippen molar-refractivity contribution < 1.29 is 9.59 Å². The van der Waals surface area contributed by atoms with Gasteiger partial charge in [0.25, 0.3) is 0 Å². The summed E-state index contributed by atoms with van der Waals surface area (Å²) in [6.45, 7) is 3.57. The van der Waals surface area contributed by atoms with Crippen molar-refractivity contribution in [3.63, 3.8) is 0 Å². The van der Waals surface area contributed by atoms with Crippen LogP contribution in [0.1, 0.15) is 13.8 Å². The summed E-state index contributed by atoms with van der Waals surface area (Å²) in [6, 6.07) is 7.60. The first kappa shape index (κ1) is 15.7. The lowest BCUT2D eigenvalue weighted by atomic mass is 10.2. The van der Waals surface area contributed by atoms with E-state index in [1.54, 1.807) is 13.8 Å². The normalized spacial score (nSPS) is 11.0. The second-order valence-corrected chi connectivity index (χ2v) is 5.74. The summed E-state index contributed by atoms with van der Waals surface area (Å²) in [6.07, 6.45) is 3.34. The van der Waals surface area contributed by atoms with E-state index in [9.17, 15) is 9.59 Å². The Kier molecular flexibility index (Phi) is 4.28. The number of hydrogen-bond donors (Lipinski definition) is 3. The second kappa shape index (κ2) is 6.53. The Balaban J connectivity index is 1.64. The van der Waals surface area contributed by atoms with Crippen molar-refractivity contribution in [2.24, 2.45) is 5.92 Å². The zero-order valence-corrected chi connectivity index (χ0v) is 13.4. The minimum Gasteiger partial charge on any atom is -0.359 e. The number of fused-ring (bicyclic) bond motifs is 1. The third-order valence-electron chi connectivity index (χ3n) is 3.48. The molecule has 0 radical (unpaired) electrons. The number of para-hydroxylation sites is 1. The van der Waals surface area contributed by atoms with E-state index in [1.807, 2.05) is 30.5 Å². The average molecular weight is 326 g/mol. The van der Waals surface area contributed by atoms with Gasteiger partial charge >= 0.3 is 0 Å². The fourth-order valence-corrected chi connectivity index (χ4v) is 2.23. The highest BCUT2D eigenvalue weighted by Crippen LogP contribution is 2.21. The SMILES string of the molecule is CC(C)C(=O)Nc1cn(CC(=O)Nc2cccc3cc[nH]c23)nn1. The Labute approximate surface area is 138 Å². The third kappa shape index (κ3) is 3.43. The molecule has 0 spiro atoms. The predicted molar refractivity (Wildman–Crippen MR) is 90.4 cm³/mol. The van der Waals surface area contributed by atoms with Gasteiger partial charge < -0.3 is 15.6 Å². The van der Waals surface area contributed by atoms with E-state index in [4.69, 9.17) is 0 Å². The van der Waals surface area contributed by atoms with E-state index < -0.39 is 0 Å². The molecule has 3 aromatic rings. The molecule has 2 aromatic heterocycles. The highest BCUT2D eigenvalue weighted by molar-refractivity contribution is 6.00.